The summed E-state index contributed by atoms with van der Waals surface area (Å²) in [5, 5.41) is 6.17. The standard InChI is InChI=1S/C16H29N3O3/c1-12(15(20)22-2)19-10-8-14(9-11-19)18-16(21)17-13-6-4-3-5-7-13/h12-14H,3-11H2,1-2H3,(H2,17,18,21). The van der Waals surface area contributed by atoms with Gasteiger partial charge >= 0.3 is 12.0 Å². The van der Waals surface area contributed by atoms with E-state index >= 15 is 0 Å². The van der Waals surface area contributed by atoms with Crippen LogP contribution in [0.5, 0.6) is 0 Å². The van der Waals surface area contributed by atoms with Gasteiger partial charge in [-0.15, -0.1) is 0 Å². The number of nitrogens with zero attached hydrogens (tertiary/aromatic N) is 1. The highest BCUT2D eigenvalue weighted by atomic mass is 16.5. The fraction of sp³-hybridized carbons (Fsp3) is 0.875. The number of esters is 1. The molecule has 0 bridgehead atoms. The van der Waals surface area contributed by atoms with Gasteiger partial charge in [-0.2, -0.15) is 0 Å². The average molecular weight is 311 g/mol. The molecule has 6 heteroatoms. The van der Waals surface area contributed by atoms with Crippen molar-refractivity contribution in [2.24, 2.45) is 0 Å². The number of likely N-dealkylation sites (tertiary alicyclic amines) is 1. The Morgan fingerprint density at radius 3 is 2.09 bits per heavy atom. The lowest BCUT2D eigenvalue weighted by Gasteiger charge is -2.35. The van der Waals surface area contributed by atoms with Crippen LogP contribution in [0.3, 0.4) is 0 Å². The molecular formula is C16H29N3O3. The molecule has 22 heavy (non-hydrogen) atoms. The van der Waals surface area contributed by atoms with Gasteiger partial charge in [0.15, 0.2) is 0 Å². The Morgan fingerprint density at radius 1 is 1.00 bits per heavy atom. The Kier molecular flexibility index (Phi) is 6.49. The van der Waals surface area contributed by atoms with Gasteiger partial charge in [-0.05, 0) is 32.6 Å². The quantitative estimate of drug-likeness (QED) is 0.775. The van der Waals surface area contributed by atoms with E-state index in [1.807, 2.05) is 6.92 Å². The summed E-state index contributed by atoms with van der Waals surface area (Å²) in [5.74, 6) is -0.193. The third kappa shape index (κ3) is 4.87. The van der Waals surface area contributed by atoms with E-state index in [0.29, 0.717) is 6.04 Å². The molecule has 2 aliphatic rings. The smallest absolute Gasteiger partial charge is 0.322 e. The van der Waals surface area contributed by atoms with Crippen molar-refractivity contribution >= 4 is 12.0 Å². The Labute approximate surface area is 132 Å². The van der Waals surface area contributed by atoms with Crippen molar-refractivity contribution in [3.8, 4) is 0 Å². The predicted molar refractivity (Wildman–Crippen MR) is 84.6 cm³/mol. The number of rotatable bonds is 4. The molecule has 2 fully saturated rings. The molecule has 126 valence electrons. The summed E-state index contributed by atoms with van der Waals surface area (Å²) in [6.07, 6.45) is 7.67. The molecule has 1 heterocycles. The van der Waals surface area contributed by atoms with Crippen molar-refractivity contribution in [3.05, 3.63) is 0 Å². The number of ether oxygens (including phenoxy) is 1. The van der Waals surface area contributed by atoms with Gasteiger partial charge in [0.25, 0.3) is 0 Å². The summed E-state index contributed by atoms with van der Waals surface area (Å²) in [6, 6.07) is 0.297. The predicted octanol–water partition coefficient (Wildman–Crippen LogP) is 1.64. The molecule has 0 spiro atoms. The highest BCUT2D eigenvalue weighted by Crippen LogP contribution is 2.18. The first-order valence-electron chi connectivity index (χ1n) is 8.49. The van der Waals surface area contributed by atoms with Crippen LogP contribution in [0.4, 0.5) is 4.79 Å². The Balaban J connectivity index is 1.68. The fourth-order valence-corrected chi connectivity index (χ4v) is 3.41. The third-order valence-electron chi connectivity index (χ3n) is 4.90. The SMILES string of the molecule is COC(=O)C(C)N1CCC(NC(=O)NC2CCCCC2)CC1. The molecular weight excluding hydrogens is 282 g/mol. The lowest BCUT2D eigenvalue weighted by Crippen LogP contribution is -2.52. The molecule has 1 saturated heterocycles. The van der Waals surface area contributed by atoms with E-state index in [9.17, 15) is 9.59 Å². The lowest BCUT2D eigenvalue weighted by molar-refractivity contribution is -0.146. The van der Waals surface area contributed by atoms with Gasteiger partial charge in [-0.1, -0.05) is 19.3 Å². The van der Waals surface area contributed by atoms with Crippen LogP contribution in [-0.2, 0) is 9.53 Å². The van der Waals surface area contributed by atoms with Gasteiger partial charge < -0.3 is 15.4 Å². The maximum absolute atomic E-state index is 12.0. The number of urea groups is 1. The first-order valence-corrected chi connectivity index (χ1v) is 8.49. The van der Waals surface area contributed by atoms with Gasteiger partial charge in [0.2, 0.25) is 0 Å². The van der Waals surface area contributed by atoms with E-state index in [0.717, 1.165) is 38.8 Å². The van der Waals surface area contributed by atoms with Gasteiger partial charge in [0.05, 0.1) is 7.11 Å². The van der Waals surface area contributed by atoms with Crippen LogP contribution in [0.25, 0.3) is 0 Å². The van der Waals surface area contributed by atoms with Gasteiger partial charge in [-0.3, -0.25) is 9.69 Å². The molecule has 6 nitrogen and oxygen atoms in total. The van der Waals surface area contributed by atoms with Gasteiger partial charge in [-0.25, -0.2) is 4.79 Å². The maximum Gasteiger partial charge on any atom is 0.322 e. The summed E-state index contributed by atoms with van der Waals surface area (Å²) in [7, 11) is 1.42. The highest BCUT2D eigenvalue weighted by Gasteiger charge is 2.28. The largest absolute Gasteiger partial charge is 0.468 e. The zero-order chi connectivity index (χ0) is 15.9. The highest BCUT2D eigenvalue weighted by molar-refractivity contribution is 5.75. The molecule has 1 aliphatic heterocycles. The molecule has 0 radical (unpaired) electrons. The topological polar surface area (TPSA) is 70.7 Å². The zero-order valence-electron chi connectivity index (χ0n) is 13.8. The second-order valence-corrected chi connectivity index (χ2v) is 6.46. The van der Waals surface area contributed by atoms with Crippen LogP contribution in [0.2, 0.25) is 0 Å². The van der Waals surface area contributed by atoms with Gasteiger partial charge in [0.1, 0.15) is 6.04 Å². The van der Waals surface area contributed by atoms with Crippen molar-refractivity contribution in [1.82, 2.24) is 15.5 Å². The van der Waals surface area contributed by atoms with E-state index in [1.54, 1.807) is 0 Å². The molecule has 0 aromatic rings. The van der Waals surface area contributed by atoms with Crippen molar-refractivity contribution in [1.29, 1.82) is 0 Å². The normalized spacial score (nSPS) is 22.8. The van der Waals surface area contributed by atoms with Crippen LogP contribution in [0, 0.1) is 0 Å². The number of hydrogen-bond acceptors (Lipinski definition) is 4. The number of amides is 2. The van der Waals surface area contributed by atoms with Crippen molar-refractivity contribution < 1.29 is 14.3 Å². The summed E-state index contributed by atoms with van der Waals surface area (Å²) in [5.41, 5.74) is 0. The van der Waals surface area contributed by atoms with Crippen molar-refractivity contribution in [3.63, 3.8) is 0 Å². The number of piperidine rings is 1. The molecule has 0 aromatic heterocycles. The Morgan fingerprint density at radius 2 is 1.55 bits per heavy atom. The van der Waals surface area contributed by atoms with Crippen LogP contribution < -0.4 is 10.6 Å². The minimum atomic E-state index is -0.206. The minimum Gasteiger partial charge on any atom is -0.468 e. The van der Waals surface area contributed by atoms with Crippen LogP contribution in [0.1, 0.15) is 51.9 Å². The van der Waals surface area contributed by atoms with E-state index in [1.165, 1.54) is 26.4 Å². The Hall–Kier alpha value is -1.30. The molecule has 1 saturated carbocycles. The van der Waals surface area contributed by atoms with Crippen LogP contribution in [0.15, 0.2) is 0 Å². The van der Waals surface area contributed by atoms with E-state index in [2.05, 4.69) is 15.5 Å². The summed E-state index contributed by atoms with van der Waals surface area (Å²) in [4.78, 5) is 25.7. The average Bonchev–Trinajstić information content (AvgIpc) is 2.55. The molecule has 1 unspecified atom stereocenters. The molecule has 1 atom stereocenters. The van der Waals surface area contributed by atoms with E-state index in [4.69, 9.17) is 4.74 Å². The number of hydrogen-bond donors (Lipinski definition) is 2. The second kappa shape index (κ2) is 8.36. The number of methoxy groups -OCH3 is 1. The van der Waals surface area contributed by atoms with Crippen molar-refractivity contribution in [2.75, 3.05) is 20.2 Å². The molecule has 0 aromatic carbocycles. The van der Waals surface area contributed by atoms with Gasteiger partial charge in [0, 0.05) is 25.2 Å². The van der Waals surface area contributed by atoms with E-state index in [-0.39, 0.29) is 24.1 Å². The zero-order valence-corrected chi connectivity index (χ0v) is 13.8. The van der Waals surface area contributed by atoms with Crippen LogP contribution >= 0.6 is 0 Å². The summed E-state index contributed by atoms with van der Waals surface area (Å²) in [6.45, 7) is 3.49. The first kappa shape index (κ1) is 17.1. The summed E-state index contributed by atoms with van der Waals surface area (Å²) >= 11 is 0. The van der Waals surface area contributed by atoms with Crippen LogP contribution in [-0.4, -0.2) is 55.2 Å². The minimum absolute atomic E-state index is 0.0358. The molecule has 2 rings (SSSR count). The fourth-order valence-electron chi connectivity index (χ4n) is 3.41. The third-order valence-corrected chi connectivity index (χ3v) is 4.90. The maximum atomic E-state index is 12.0. The lowest BCUT2D eigenvalue weighted by atomic mass is 9.96. The Bertz CT molecular complexity index is 375. The monoisotopic (exact) mass is 311 g/mol. The molecule has 2 amide bonds. The first-order chi connectivity index (χ1) is 10.6. The summed E-state index contributed by atoms with van der Waals surface area (Å²) < 4.78 is 4.78. The number of carbonyl (C=O) groups is 2. The van der Waals surface area contributed by atoms with Crippen molar-refractivity contribution in [2.45, 2.75) is 70.0 Å². The van der Waals surface area contributed by atoms with E-state index < -0.39 is 0 Å². The second-order valence-electron chi connectivity index (χ2n) is 6.46. The molecule has 1 aliphatic carbocycles. The molecule has 2 N–H and O–H groups in total. The number of carbonyl (C=O) groups excluding carboxylic acids is 2. The number of nitrogens with one attached hydrogen (secondary N) is 2.